The smallest absolute Gasteiger partial charge is 0.220 e. The van der Waals surface area contributed by atoms with E-state index in [0.717, 1.165) is 30.4 Å². The highest BCUT2D eigenvalue weighted by Gasteiger charge is 2.16. The Kier molecular flexibility index (Phi) is 8.61. The third-order valence-corrected chi connectivity index (χ3v) is 3.43. The van der Waals surface area contributed by atoms with Gasteiger partial charge >= 0.3 is 0 Å². The molecule has 0 spiro atoms. The third kappa shape index (κ3) is 6.10. The Labute approximate surface area is 133 Å². The summed E-state index contributed by atoms with van der Waals surface area (Å²) in [6.07, 6.45) is 8.66. The van der Waals surface area contributed by atoms with Crippen LogP contribution in [0.4, 0.5) is 0 Å². The molecule has 3 heteroatoms. The van der Waals surface area contributed by atoms with Gasteiger partial charge in [-0.15, -0.1) is 0 Å². The van der Waals surface area contributed by atoms with E-state index in [1.54, 1.807) is 12.2 Å². The van der Waals surface area contributed by atoms with Gasteiger partial charge in [-0.25, -0.2) is 0 Å². The quantitative estimate of drug-likeness (QED) is 0.511. The molecule has 3 N–H and O–H groups in total. The summed E-state index contributed by atoms with van der Waals surface area (Å²) >= 11 is 0. The fourth-order valence-electron chi connectivity index (χ4n) is 2.26. The minimum absolute atomic E-state index is 0.0442. The molecule has 1 amide bonds. The number of nitrogens with one attached hydrogen (secondary N) is 1. The van der Waals surface area contributed by atoms with Gasteiger partial charge in [-0.05, 0) is 30.5 Å². The molecule has 3 nitrogen and oxygen atoms in total. The second-order valence-electron chi connectivity index (χ2n) is 5.12. The molecule has 0 aliphatic heterocycles. The number of carbonyl (C=O) groups is 1. The van der Waals surface area contributed by atoms with Crippen LogP contribution in [0.2, 0.25) is 0 Å². The van der Waals surface area contributed by atoms with Gasteiger partial charge in [-0.3, -0.25) is 4.79 Å². The second kappa shape index (κ2) is 10.6. The summed E-state index contributed by atoms with van der Waals surface area (Å²) in [6.45, 7) is 8.24. The summed E-state index contributed by atoms with van der Waals surface area (Å²) in [7, 11) is 0. The topological polar surface area (TPSA) is 55.1 Å². The third-order valence-electron chi connectivity index (χ3n) is 3.43. The molecule has 0 saturated heterocycles. The molecule has 1 rings (SSSR count). The fourth-order valence-corrected chi connectivity index (χ4v) is 2.26. The van der Waals surface area contributed by atoms with Crippen LogP contribution in [0.5, 0.6) is 0 Å². The predicted octanol–water partition coefficient (Wildman–Crippen LogP) is 3.66. The first kappa shape index (κ1) is 17.9. The number of unbranched alkanes of at least 4 members (excludes halogenated alkanes) is 2. The number of hydrogen-bond donors (Lipinski definition) is 2. The van der Waals surface area contributed by atoms with Gasteiger partial charge in [-0.2, -0.15) is 0 Å². The molecule has 118 valence electrons. The van der Waals surface area contributed by atoms with Gasteiger partial charge in [0.2, 0.25) is 5.91 Å². The predicted molar refractivity (Wildman–Crippen MR) is 93.3 cm³/mol. The first-order chi connectivity index (χ1) is 10.7. The zero-order valence-corrected chi connectivity index (χ0v) is 13.1. The molecule has 0 bridgehead atoms. The van der Waals surface area contributed by atoms with Crippen molar-refractivity contribution in [3.05, 3.63) is 72.9 Å². The van der Waals surface area contributed by atoms with Crippen LogP contribution in [-0.2, 0) is 4.79 Å². The molecule has 1 atom stereocenters. The lowest BCUT2D eigenvalue weighted by Gasteiger charge is -2.20. The molecule has 0 saturated carbocycles. The van der Waals surface area contributed by atoms with Crippen LogP contribution in [0, 0.1) is 0 Å². The van der Waals surface area contributed by atoms with Crippen molar-refractivity contribution in [3.63, 3.8) is 0 Å². The zero-order chi connectivity index (χ0) is 16.2. The molecule has 0 aromatic heterocycles. The average molecular weight is 298 g/mol. The van der Waals surface area contributed by atoms with E-state index in [4.69, 9.17) is 5.73 Å². The normalized spacial score (nSPS) is 12.5. The first-order valence-corrected chi connectivity index (χ1v) is 7.72. The number of allylic oxidation sites excluding steroid dienone is 2. The minimum Gasteiger partial charge on any atom is -0.345 e. The van der Waals surface area contributed by atoms with E-state index in [-0.39, 0.29) is 11.9 Å². The Morgan fingerprint density at radius 1 is 1.18 bits per heavy atom. The Morgan fingerprint density at radius 3 is 2.50 bits per heavy atom. The summed E-state index contributed by atoms with van der Waals surface area (Å²) in [4.78, 5) is 12.2. The standard InChI is InChI=1S/C19H26N2O/c1-3-11-16(4-2)19(17-12-7-5-8-13-17)21-18(22)14-9-6-10-15-20/h3-5,7-8,11-13,19H,1-2,6,9-10,14-15,20H2,(H,21,22)/b16-11+. The van der Waals surface area contributed by atoms with Gasteiger partial charge < -0.3 is 11.1 Å². The maximum atomic E-state index is 12.2. The van der Waals surface area contributed by atoms with Crippen LogP contribution in [0.1, 0.15) is 37.3 Å². The minimum atomic E-state index is -0.196. The van der Waals surface area contributed by atoms with E-state index in [2.05, 4.69) is 18.5 Å². The summed E-state index contributed by atoms with van der Waals surface area (Å²) in [6, 6.07) is 9.69. The summed E-state index contributed by atoms with van der Waals surface area (Å²) in [5.74, 6) is 0.0442. The zero-order valence-electron chi connectivity index (χ0n) is 13.1. The van der Waals surface area contributed by atoms with E-state index >= 15 is 0 Å². The van der Waals surface area contributed by atoms with E-state index in [9.17, 15) is 4.79 Å². The van der Waals surface area contributed by atoms with Crippen LogP contribution >= 0.6 is 0 Å². The monoisotopic (exact) mass is 298 g/mol. The molecule has 0 fully saturated rings. The van der Waals surface area contributed by atoms with Crippen LogP contribution in [0.15, 0.2) is 67.3 Å². The molecule has 22 heavy (non-hydrogen) atoms. The molecule has 0 aliphatic rings. The number of carbonyl (C=O) groups excluding carboxylic acids is 1. The highest BCUT2D eigenvalue weighted by atomic mass is 16.1. The highest BCUT2D eigenvalue weighted by molar-refractivity contribution is 5.77. The number of rotatable bonds is 10. The van der Waals surface area contributed by atoms with Crippen molar-refractivity contribution < 1.29 is 4.79 Å². The van der Waals surface area contributed by atoms with Crippen molar-refractivity contribution in [2.24, 2.45) is 5.73 Å². The van der Waals surface area contributed by atoms with Crippen LogP contribution < -0.4 is 11.1 Å². The second-order valence-corrected chi connectivity index (χ2v) is 5.12. The van der Waals surface area contributed by atoms with E-state index in [1.807, 2.05) is 36.4 Å². The first-order valence-electron chi connectivity index (χ1n) is 7.72. The highest BCUT2D eigenvalue weighted by Crippen LogP contribution is 2.22. The SMILES string of the molecule is C=C/C=C(\C=C)C(NC(=O)CCCCCN)c1ccccc1. The van der Waals surface area contributed by atoms with Gasteiger partial charge in [0, 0.05) is 6.42 Å². The van der Waals surface area contributed by atoms with Crippen LogP contribution in [0.3, 0.4) is 0 Å². The number of nitrogens with two attached hydrogens (primary N) is 1. The summed E-state index contributed by atoms with van der Waals surface area (Å²) in [5, 5.41) is 3.09. The molecule has 1 aromatic rings. The number of amides is 1. The maximum Gasteiger partial charge on any atom is 0.220 e. The Balaban J connectivity index is 2.79. The molecular formula is C19H26N2O. The van der Waals surface area contributed by atoms with Gasteiger partial charge in [0.05, 0.1) is 6.04 Å². The van der Waals surface area contributed by atoms with E-state index in [0.29, 0.717) is 13.0 Å². The van der Waals surface area contributed by atoms with Crippen molar-refractivity contribution in [2.45, 2.75) is 31.7 Å². The van der Waals surface area contributed by atoms with Crippen molar-refractivity contribution in [1.29, 1.82) is 0 Å². The van der Waals surface area contributed by atoms with Crippen molar-refractivity contribution in [1.82, 2.24) is 5.32 Å². The lowest BCUT2D eigenvalue weighted by molar-refractivity contribution is -0.121. The average Bonchev–Trinajstić information content (AvgIpc) is 2.55. The van der Waals surface area contributed by atoms with E-state index < -0.39 is 0 Å². The molecule has 1 aromatic carbocycles. The summed E-state index contributed by atoms with van der Waals surface area (Å²) < 4.78 is 0. The van der Waals surface area contributed by atoms with Gasteiger partial charge in [0.1, 0.15) is 0 Å². The Morgan fingerprint density at radius 2 is 1.91 bits per heavy atom. The van der Waals surface area contributed by atoms with Gasteiger partial charge in [0.25, 0.3) is 0 Å². The van der Waals surface area contributed by atoms with Crippen molar-refractivity contribution in [3.8, 4) is 0 Å². The molecule has 1 unspecified atom stereocenters. The molecular weight excluding hydrogens is 272 g/mol. The molecule has 0 heterocycles. The lowest BCUT2D eigenvalue weighted by Crippen LogP contribution is -2.29. The molecule has 0 radical (unpaired) electrons. The van der Waals surface area contributed by atoms with E-state index in [1.165, 1.54) is 0 Å². The maximum absolute atomic E-state index is 12.2. The van der Waals surface area contributed by atoms with Gasteiger partial charge in [0.15, 0.2) is 0 Å². The Hall–Kier alpha value is -2.13. The number of hydrogen-bond acceptors (Lipinski definition) is 2. The Bertz CT molecular complexity index is 505. The van der Waals surface area contributed by atoms with Crippen molar-refractivity contribution in [2.75, 3.05) is 6.54 Å². The van der Waals surface area contributed by atoms with Crippen molar-refractivity contribution >= 4 is 5.91 Å². The number of benzene rings is 1. The fraction of sp³-hybridized carbons (Fsp3) is 0.316. The van der Waals surface area contributed by atoms with Crippen LogP contribution in [-0.4, -0.2) is 12.5 Å². The van der Waals surface area contributed by atoms with Crippen LogP contribution in [0.25, 0.3) is 0 Å². The summed E-state index contributed by atoms with van der Waals surface area (Å²) in [5.41, 5.74) is 7.43. The molecule has 0 aliphatic carbocycles. The lowest BCUT2D eigenvalue weighted by atomic mass is 9.97. The van der Waals surface area contributed by atoms with Gasteiger partial charge in [-0.1, -0.05) is 68.1 Å². The largest absolute Gasteiger partial charge is 0.345 e.